The van der Waals surface area contributed by atoms with Gasteiger partial charge in [-0.2, -0.15) is 0 Å². The summed E-state index contributed by atoms with van der Waals surface area (Å²) in [5, 5.41) is 4.76. The number of amides is 2. The van der Waals surface area contributed by atoms with Crippen LogP contribution < -0.4 is 27.8 Å². The van der Waals surface area contributed by atoms with E-state index in [-0.39, 0.29) is 19.0 Å². The van der Waals surface area contributed by atoms with Crippen molar-refractivity contribution in [2.24, 2.45) is 22.2 Å². The topological polar surface area (TPSA) is 166 Å². The summed E-state index contributed by atoms with van der Waals surface area (Å²) in [6.07, 6.45) is 1.77. The fourth-order valence-corrected chi connectivity index (χ4v) is 1.21. The minimum Gasteiger partial charge on any atom is -0.370 e. The number of hydrogen-bond donors (Lipinski definition) is 5. The van der Waals surface area contributed by atoms with E-state index in [0.717, 1.165) is 0 Å². The fourth-order valence-electron chi connectivity index (χ4n) is 1.21. The summed E-state index contributed by atoms with van der Waals surface area (Å²) in [6, 6.07) is -0.493. The second-order valence-electron chi connectivity index (χ2n) is 3.75. The number of carbonyl (C=O) groups is 3. The van der Waals surface area contributed by atoms with E-state index in [1.54, 1.807) is 0 Å². The van der Waals surface area contributed by atoms with Gasteiger partial charge in [0.15, 0.2) is 5.96 Å². The lowest BCUT2D eigenvalue weighted by atomic mass is 10.2. The number of nitrogens with zero attached hydrogens (tertiary/aromatic N) is 1. The van der Waals surface area contributed by atoms with Crippen molar-refractivity contribution in [2.75, 3.05) is 19.6 Å². The van der Waals surface area contributed by atoms with Gasteiger partial charge >= 0.3 is 0 Å². The molecular formula is C10H20N6O3. The van der Waals surface area contributed by atoms with Crippen molar-refractivity contribution in [1.29, 1.82) is 0 Å². The van der Waals surface area contributed by atoms with E-state index >= 15 is 0 Å². The van der Waals surface area contributed by atoms with Crippen molar-refractivity contribution in [3.8, 4) is 0 Å². The molecule has 9 heteroatoms. The molecule has 9 nitrogen and oxygen atoms in total. The van der Waals surface area contributed by atoms with Gasteiger partial charge in [0.25, 0.3) is 0 Å². The number of guanidine groups is 1. The van der Waals surface area contributed by atoms with Gasteiger partial charge in [-0.05, 0) is 12.8 Å². The Labute approximate surface area is 111 Å². The third-order valence-electron chi connectivity index (χ3n) is 2.12. The Morgan fingerprint density at radius 1 is 1.26 bits per heavy atom. The molecule has 0 heterocycles. The average molecular weight is 272 g/mol. The van der Waals surface area contributed by atoms with Crippen molar-refractivity contribution in [3.63, 3.8) is 0 Å². The van der Waals surface area contributed by atoms with Crippen LogP contribution in [0.2, 0.25) is 0 Å². The highest BCUT2D eigenvalue weighted by Gasteiger charge is 2.10. The summed E-state index contributed by atoms with van der Waals surface area (Å²) < 4.78 is 0. The fraction of sp³-hybridized carbons (Fsp3) is 0.600. The smallest absolute Gasteiger partial charge is 0.240 e. The molecule has 0 spiro atoms. The SMILES string of the molecule is NCC(=O)NC(=O)CNC(C=O)CCCN=C(N)N. The Hall–Kier alpha value is -2.00. The number of nitrogens with one attached hydrogen (secondary N) is 2. The van der Waals surface area contributed by atoms with Crippen LogP contribution in [-0.2, 0) is 14.4 Å². The number of imide groups is 1. The third kappa shape index (κ3) is 9.68. The van der Waals surface area contributed by atoms with Gasteiger partial charge in [-0.15, -0.1) is 0 Å². The second-order valence-corrected chi connectivity index (χ2v) is 3.75. The molecule has 0 saturated carbocycles. The minimum absolute atomic E-state index is 0.00436. The Morgan fingerprint density at radius 3 is 2.47 bits per heavy atom. The van der Waals surface area contributed by atoms with E-state index in [9.17, 15) is 14.4 Å². The first-order chi connectivity index (χ1) is 8.99. The zero-order valence-electron chi connectivity index (χ0n) is 10.6. The molecule has 0 bridgehead atoms. The highest BCUT2D eigenvalue weighted by Crippen LogP contribution is 1.95. The van der Waals surface area contributed by atoms with E-state index in [0.29, 0.717) is 25.7 Å². The van der Waals surface area contributed by atoms with Gasteiger partial charge in [-0.1, -0.05) is 0 Å². The van der Waals surface area contributed by atoms with Gasteiger partial charge in [0.1, 0.15) is 6.29 Å². The number of aliphatic imine (C=N–C) groups is 1. The third-order valence-corrected chi connectivity index (χ3v) is 2.12. The molecule has 8 N–H and O–H groups in total. The Balaban J connectivity index is 3.87. The van der Waals surface area contributed by atoms with Gasteiger partial charge < -0.3 is 22.0 Å². The minimum atomic E-state index is -0.567. The van der Waals surface area contributed by atoms with Crippen LogP contribution in [0.5, 0.6) is 0 Å². The highest BCUT2D eigenvalue weighted by atomic mass is 16.2. The Bertz CT molecular complexity index is 340. The zero-order chi connectivity index (χ0) is 14.7. The number of rotatable bonds is 9. The maximum absolute atomic E-state index is 11.2. The van der Waals surface area contributed by atoms with Gasteiger partial charge in [0.2, 0.25) is 11.8 Å². The molecule has 2 amide bonds. The van der Waals surface area contributed by atoms with Gasteiger partial charge in [-0.3, -0.25) is 25.2 Å². The number of aldehydes is 1. The molecule has 1 atom stereocenters. The number of hydrogen-bond acceptors (Lipinski definition) is 6. The molecule has 108 valence electrons. The maximum Gasteiger partial charge on any atom is 0.240 e. The van der Waals surface area contributed by atoms with Crippen molar-refractivity contribution in [1.82, 2.24) is 10.6 Å². The second kappa shape index (κ2) is 9.97. The standard InChI is InChI=1S/C10H20N6O3/c11-4-8(18)16-9(19)5-15-7(6-17)2-1-3-14-10(12)13/h6-7,15H,1-5,11H2,(H4,12,13,14)(H,16,18,19). The largest absolute Gasteiger partial charge is 0.370 e. The van der Waals surface area contributed by atoms with E-state index in [2.05, 4.69) is 15.6 Å². The molecule has 0 aromatic heterocycles. The molecule has 0 radical (unpaired) electrons. The van der Waals surface area contributed by atoms with Crippen molar-refractivity contribution in [2.45, 2.75) is 18.9 Å². The summed E-state index contributed by atoms with van der Waals surface area (Å²) in [6.45, 7) is 0.00498. The van der Waals surface area contributed by atoms with E-state index < -0.39 is 17.9 Å². The van der Waals surface area contributed by atoms with Crippen LogP contribution in [-0.4, -0.2) is 49.7 Å². The zero-order valence-corrected chi connectivity index (χ0v) is 10.6. The first-order valence-corrected chi connectivity index (χ1v) is 5.76. The van der Waals surface area contributed by atoms with Crippen LogP contribution in [0.1, 0.15) is 12.8 Å². The Morgan fingerprint density at radius 2 is 1.95 bits per heavy atom. The molecule has 0 aromatic carbocycles. The molecule has 0 rings (SSSR count). The lowest BCUT2D eigenvalue weighted by Gasteiger charge is -2.11. The molecule has 0 aliphatic rings. The molecular weight excluding hydrogens is 252 g/mol. The molecule has 19 heavy (non-hydrogen) atoms. The molecule has 1 unspecified atom stereocenters. The number of nitrogens with two attached hydrogens (primary N) is 3. The van der Waals surface area contributed by atoms with Crippen LogP contribution in [0.15, 0.2) is 4.99 Å². The predicted octanol–water partition coefficient (Wildman–Crippen LogP) is -3.20. The van der Waals surface area contributed by atoms with E-state index in [1.807, 2.05) is 0 Å². The summed E-state index contributed by atoms with van der Waals surface area (Å²) in [4.78, 5) is 36.6. The van der Waals surface area contributed by atoms with Crippen molar-refractivity contribution < 1.29 is 14.4 Å². The number of carbonyl (C=O) groups excluding carboxylic acids is 3. The van der Waals surface area contributed by atoms with Gasteiger partial charge in [0.05, 0.1) is 19.1 Å². The van der Waals surface area contributed by atoms with E-state index in [1.165, 1.54) is 0 Å². The van der Waals surface area contributed by atoms with Crippen LogP contribution in [0, 0.1) is 0 Å². The maximum atomic E-state index is 11.2. The summed E-state index contributed by atoms with van der Waals surface area (Å²) in [5.41, 5.74) is 15.3. The lowest BCUT2D eigenvalue weighted by molar-refractivity contribution is -0.129. The average Bonchev–Trinajstić information content (AvgIpc) is 2.37. The van der Waals surface area contributed by atoms with Gasteiger partial charge in [-0.25, -0.2) is 0 Å². The summed E-state index contributed by atoms with van der Waals surface area (Å²) in [7, 11) is 0. The predicted molar refractivity (Wildman–Crippen MR) is 70.0 cm³/mol. The summed E-state index contributed by atoms with van der Waals surface area (Å²) in [5.74, 6) is -1.11. The first kappa shape index (κ1) is 17.0. The molecule has 0 fully saturated rings. The van der Waals surface area contributed by atoms with Crippen LogP contribution in [0.3, 0.4) is 0 Å². The highest BCUT2D eigenvalue weighted by molar-refractivity contribution is 5.96. The summed E-state index contributed by atoms with van der Waals surface area (Å²) >= 11 is 0. The quantitative estimate of drug-likeness (QED) is 0.127. The van der Waals surface area contributed by atoms with Crippen molar-refractivity contribution >= 4 is 24.1 Å². The van der Waals surface area contributed by atoms with E-state index in [4.69, 9.17) is 17.2 Å². The normalized spacial score (nSPS) is 11.4. The Kier molecular flexibility index (Phi) is 8.92. The molecule has 0 aliphatic carbocycles. The first-order valence-electron chi connectivity index (χ1n) is 5.76. The monoisotopic (exact) mass is 272 g/mol. The van der Waals surface area contributed by atoms with Crippen molar-refractivity contribution in [3.05, 3.63) is 0 Å². The van der Waals surface area contributed by atoms with Gasteiger partial charge in [0, 0.05) is 6.54 Å². The molecule has 0 aromatic rings. The van der Waals surface area contributed by atoms with Crippen LogP contribution >= 0.6 is 0 Å². The van der Waals surface area contributed by atoms with Crippen LogP contribution in [0.4, 0.5) is 0 Å². The van der Waals surface area contributed by atoms with Crippen LogP contribution in [0.25, 0.3) is 0 Å². The molecule has 0 saturated heterocycles. The lowest BCUT2D eigenvalue weighted by Crippen LogP contribution is -2.43. The molecule has 0 aliphatic heterocycles.